The number of aromatic nitrogens is 1. The summed E-state index contributed by atoms with van der Waals surface area (Å²) >= 11 is 0. The Bertz CT molecular complexity index is 769. The van der Waals surface area contributed by atoms with E-state index in [2.05, 4.69) is 4.98 Å². The second-order valence-electron chi connectivity index (χ2n) is 4.48. The lowest BCUT2D eigenvalue weighted by atomic mass is 10.1. The summed E-state index contributed by atoms with van der Waals surface area (Å²) in [6.07, 6.45) is -1.25. The Balaban J connectivity index is 1.89. The predicted molar refractivity (Wildman–Crippen MR) is 74.4 cm³/mol. The molecule has 1 heterocycles. The Hall–Kier alpha value is -2.56. The standard InChI is InChI=1S/C16H10F3NO/c17-16(18,19)12-5-3-4-11(10-12)8-9-15-20-13-6-1-2-7-14(13)21-15/h1-10H. The van der Waals surface area contributed by atoms with Crippen LogP contribution in [-0.2, 0) is 6.18 Å². The molecule has 0 aliphatic heterocycles. The molecule has 3 aromatic rings. The third-order valence-corrected chi connectivity index (χ3v) is 2.94. The zero-order valence-electron chi connectivity index (χ0n) is 10.8. The predicted octanol–water partition coefficient (Wildman–Crippen LogP) is 5.02. The fraction of sp³-hybridized carbons (Fsp3) is 0.0625. The highest BCUT2D eigenvalue weighted by Crippen LogP contribution is 2.29. The fourth-order valence-corrected chi connectivity index (χ4v) is 1.95. The molecule has 0 saturated heterocycles. The maximum absolute atomic E-state index is 12.6. The van der Waals surface area contributed by atoms with Gasteiger partial charge in [0, 0.05) is 6.08 Å². The summed E-state index contributed by atoms with van der Waals surface area (Å²) < 4.78 is 43.3. The number of alkyl halides is 3. The van der Waals surface area contributed by atoms with Gasteiger partial charge < -0.3 is 4.42 Å². The van der Waals surface area contributed by atoms with Crippen LogP contribution in [-0.4, -0.2) is 4.98 Å². The summed E-state index contributed by atoms with van der Waals surface area (Å²) in [5, 5.41) is 0. The number of halogens is 3. The van der Waals surface area contributed by atoms with Crippen molar-refractivity contribution in [3.8, 4) is 0 Å². The quantitative estimate of drug-likeness (QED) is 0.662. The molecule has 21 heavy (non-hydrogen) atoms. The number of nitrogens with zero attached hydrogens (tertiary/aromatic N) is 1. The zero-order valence-corrected chi connectivity index (χ0v) is 10.8. The van der Waals surface area contributed by atoms with Gasteiger partial charge in [-0.15, -0.1) is 0 Å². The van der Waals surface area contributed by atoms with Gasteiger partial charge in [-0.1, -0.05) is 24.3 Å². The molecule has 5 heteroatoms. The lowest BCUT2D eigenvalue weighted by molar-refractivity contribution is -0.137. The highest BCUT2D eigenvalue weighted by atomic mass is 19.4. The van der Waals surface area contributed by atoms with Gasteiger partial charge in [0.05, 0.1) is 5.56 Å². The van der Waals surface area contributed by atoms with Crippen LogP contribution in [0, 0.1) is 0 Å². The topological polar surface area (TPSA) is 26.0 Å². The molecule has 2 aromatic carbocycles. The van der Waals surface area contributed by atoms with Crippen molar-refractivity contribution in [2.75, 3.05) is 0 Å². The third kappa shape index (κ3) is 2.97. The van der Waals surface area contributed by atoms with Crippen LogP contribution in [0.4, 0.5) is 13.2 Å². The zero-order chi connectivity index (χ0) is 14.9. The van der Waals surface area contributed by atoms with Gasteiger partial charge in [0.1, 0.15) is 5.52 Å². The summed E-state index contributed by atoms with van der Waals surface area (Å²) in [7, 11) is 0. The number of benzene rings is 2. The molecular weight excluding hydrogens is 279 g/mol. The van der Waals surface area contributed by atoms with Gasteiger partial charge in [0.2, 0.25) is 5.89 Å². The van der Waals surface area contributed by atoms with Crippen molar-refractivity contribution in [1.82, 2.24) is 4.98 Å². The first-order valence-electron chi connectivity index (χ1n) is 6.23. The van der Waals surface area contributed by atoms with Gasteiger partial charge in [0.25, 0.3) is 0 Å². The Morgan fingerprint density at radius 1 is 0.952 bits per heavy atom. The van der Waals surface area contributed by atoms with E-state index in [9.17, 15) is 13.2 Å². The Morgan fingerprint density at radius 2 is 1.76 bits per heavy atom. The van der Waals surface area contributed by atoms with Crippen molar-refractivity contribution in [1.29, 1.82) is 0 Å². The molecule has 0 bridgehead atoms. The van der Waals surface area contributed by atoms with Crippen molar-refractivity contribution in [2.24, 2.45) is 0 Å². The minimum atomic E-state index is -4.35. The molecule has 106 valence electrons. The molecule has 0 amide bonds. The first kappa shape index (κ1) is 13.4. The minimum Gasteiger partial charge on any atom is -0.437 e. The summed E-state index contributed by atoms with van der Waals surface area (Å²) in [6, 6.07) is 12.3. The molecule has 0 fully saturated rings. The highest BCUT2D eigenvalue weighted by Gasteiger charge is 2.30. The molecule has 0 saturated carbocycles. The van der Waals surface area contributed by atoms with E-state index >= 15 is 0 Å². The molecule has 0 atom stereocenters. The van der Waals surface area contributed by atoms with Crippen molar-refractivity contribution in [3.63, 3.8) is 0 Å². The van der Waals surface area contributed by atoms with Crippen molar-refractivity contribution in [2.45, 2.75) is 6.18 Å². The number of fused-ring (bicyclic) bond motifs is 1. The van der Waals surface area contributed by atoms with Gasteiger partial charge >= 0.3 is 6.18 Å². The molecule has 3 rings (SSSR count). The smallest absolute Gasteiger partial charge is 0.416 e. The molecule has 0 spiro atoms. The van der Waals surface area contributed by atoms with Gasteiger partial charge in [-0.05, 0) is 35.9 Å². The second-order valence-corrected chi connectivity index (χ2v) is 4.48. The monoisotopic (exact) mass is 289 g/mol. The summed E-state index contributed by atoms with van der Waals surface area (Å²) in [5.74, 6) is 0.355. The molecule has 0 aliphatic rings. The number of oxazole rings is 1. The summed E-state index contributed by atoms with van der Waals surface area (Å²) in [5.41, 5.74) is 1.11. The van der Waals surface area contributed by atoms with Crippen molar-refractivity contribution in [3.05, 3.63) is 65.5 Å². The average Bonchev–Trinajstić information content (AvgIpc) is 2.87. The molecule has 0 radical (unpaired) electrons. The van der Waals surface area contributed by atoms with Gasteiger partial charge in [-0.2, -0.15) is 13.2 Å². The molecule has 2 nitrogen and oxygen atoms in total. The van der Waals surface area contributed by atoms with E-state index in [4.69, 9.17) is 4.42 Å². The van der Waals surface area contributed by atoms with E-state index in [1.54, 1.807) is 30.4 Å². The maximum atomic E-state index is 12.6. The van der Waals surface area contributed by atoms with Crippen LogP contribution in [0.15, 0.2) is 52.9 Å². The number of hydrogen-bond donors (Lipinski definition) is 0. The van der Waals surface area contributed by atoms with E-state index in [0.717, 1.165) is 12.1 Å². The van der Waals surface area contributed by atoms with Crippen LogP contribution in [0.5, 0.6) is 0 Å². The van der Waals surface area contributed by atoms with E-state index in [0.29, 0.717) is 22.6 Å². The third-order valence-electron chi connectivity index (χ3n) is 2.94. The summed E-state index contributed by atoms with van der Waals surface area (Å²) in [4.78, 5) is 4.22. The average molecular weight is 289 g/mol. The van der Waals surface area contributed by atoms with Crippen LogP contribution < -0.4 is 0 Å². The second kappa shape index (κ2) is 5.09. The Morgan fingerprint density at radius 3 is 2.52 bits per heavy atom. The minimum absolute atomic E-state index is 0.355. The molecule has 0 unspecified atom stereocenters. The first-order valence-corrected chi connectivity index (χ1v) is 6.23. The van der Waals surface area contributed by atoms with Crippen LogP contribution in [0.3, 0.4) is 0 Å². The normalized spacial score (nSPS) is 12.3. The fourth-order valence-electron chi connectivity index (χ4n) is 1.95. The Labute approximate surface area is 118 Å². The lowest BCUT2D eigenvalue weighted by Gasteiger charge is -2.06. The van der Waals surface area contributed by atoms with Crippen LogP contribution >= 0.6 is 0 Å². The molecule has 1 aromatic heterocycles. The lowest BCUT2D eigenvalue weighted by Crippen LogP contribution is -2.04. The molecule has 0 aliphatic carbocycles. The van der Waals surface area contributed by atoms with Gasteiger partial charge in [-0.3, -0.25) is 0 Å². The van der Waals surface area contributed by atoms with Crippen LogP contribution in [0.2, 0.25) is 0 Å². The SMILES string of the molecule is FC(F)(F)c1cccc(C=Cc2nc3ccccc3o2)c1. The molecular formula is C16H10F3NO. The van der Waals surface area contributed by atoms with E-state index in [1.165, 1.54) is 6.07 Å². The van der Waals surface area contributed by atoms with Crippen molar-refractivity contribution >= 4 is 23.3 Å². The number of rotatable bonds is 2. The number of hydrogen-bond acceptors (Lipinski definition) is 2. The van der Waals surface area contributed by atoms with Gasteiger partial charge in [0.15, 0.2) is 5.58 Å². The van der Waals surface area contributed by atoms with E-state index < -0.39 is 11.7 Å². The summed E-state index contributed by atoms with van der Waals surface area (Å²) in [6.45, 7) is 0. The van der Waals surface area contributed by atoms with Crippen LogP contribution in [0.25, 0.3) is 23.3 Å². The van der Waals surface area contributed by atoms with E-state index in [1.807, 2.05) is 12.1 Å². The van der Waals surface area contributed by atoms with Gasteiger partial charge in [-0.25, -0.2) is 4.98 Å². The first-order chi connectivity index (χ1) is 10.0. The highest BCUT2D eigenvalue weighted by molar-refractivity contribution is 5.75. The largest absolute Gasteiger partial charge is 0.437 e. The molecule has 0 N–H and O–H groups in total. The van der Waals surface area contributed by atoms with E-state index in [-0.39, 0.29) is 0 Å². The number of para-hydroxylation sites is 2. The Kier molecular flexibility index (Phi) is 3.25. The van der Waals surface area contributed by atoms with Crippen molar-refractivity contribution < 1.29 is 17.6 Å². The van der Waals surface area contributed by atoms with Crippen LogP contribution in [0.1, 0.15) is 17.0 Å². The maximum Gasteiger partial charge on any atom is 0.416 e.